The van der Waals surface area contributed by atoms with Gasteiger partial charge in [-0.1, -0.05) is 12.8 Å². The monoisotopic (exact) mass is 454 g/mol. The summed E-state index contributed by atoms with van der Waals surface area (Å²) in [4.78, 5) is 16.7. The van der Waals surface area contributed by atoms with Gasteiger partial charge in [0, 0.05) is 24.0 Å². The van der Waals surface area contributed by atoms with E-state index >= 15 is 0 Å². The van der Waals surface area contributed by atoms with Gasteiger partial charge in [-0.25, -0.2) is 18.2 Å². The predicted octanol–water partition coefficient (Wildman–Crippen LogP) is 4.56. The molecule has 0 saturated carbocycles. The molecule has 0 unspecified atom stereocenters. The molecule has 1 N–H and O–H groups in total. The molecule has 0 atom stereocenters. The summed E-state index contributed by atoms with van der Waals surface area (Å²) in [6, 6.07) is 13.3. The van der Waals surface area contributed by atoms with E-state index in [4.69, 9.17) is 4.74 Å². The molecular weight excluding hydrogens is 428 g/mol. The summed E-state index contributed by atoms with van der Waals surface area (Å²) in [5.41, 5.74) is 1.70. The number of rotatable bonds is 6. The van der Waals surface area contributed by atoms with Gasteiger partial charge < -0.3 is 9.84 Å². The topological polar surface area (TPSA) is 96.8 Å². The average molecular weight is 455 g/mol. The molecule has 0 aliphatic carbocycles. The molecule has 2 aromatic carbocycles. The van der Waals surface area contributed by atoms with Crippen LogP contribution in [0.2, 0.25) is 0 Å². The molecule has 3 aromatic rings. The standard InChI is InChI=1S/C24H26N2O5S/c1-2-31-18-9-7-17(8-10-18)23-16-21(24(27)28)20-15-19(11-12-22(20)25-23)32(29,30)26-13-5-3-4-6-14-26/h7-12,15-16H,2-6,13-14H2,1H3,(H,27,28). The highest BCUT2D eigenvalue weighted by Crippen LogP contribution is 2.29. The summed E-state index contributed by atoms with van der Waals surface area (Å²) in [6.45, 7) is 3.43. The van der Waals surface area contributed by atoms with Crippen molar-refractivity contribution in [2.24, 2.45) is 0 Å². The van der Waals surface area contributed by atoms with Crippen molar-refractivity contribution in [2.75, 3.05) is 19.7 Å². The number of aromatic nitrogens is 1. The number of hydrogen-bond donors (Lipinski definition) is 1. The third-order valence-electron chi connectivity index (χ3n) is 5.67. The van der Waals surface area contributed by atoms with Crippen LogP contribution in [0.5, 0.6) is 5.75 Å². The first-order chi connectivity index (χ1) is 15.4. The Bertz CT molecular complexity index is 1230. The van der Waals surface area contributed by atoms with E-state index in [0.29, 0.717) is 36.3 Å². The van der Waals surface area contributed by atoms with E-state index in [9.17, 15) is 18.3 Å². The maximum Gasteiger partial charge on any atom is 0.336 e. The number of carboxylic acid groups (broad SMARTS) is 1. The fraction of sp³-hybridized carbons (Fsp3) is 0.333. The molecule has 8 heteroatoms. The fourth-order valence-electron chi connectivity index (χ4n) is 4.01. The summed E-state index contributed by atoms with van der Waals surface area (Å²) in [6.07, 6.45) is 3.71. The van der Waals surface area contributed by atoms with Crippen molar-refractivity contribution in [2.45, 2.75) is 37.5 Å². The van der Waals surface area contributed by atoms with Crippen LogP contribution in [0, 0.1) is 0 Å². The minimum absolute atomic E-state index is 0.0202. The van der Waals surface area contributed by atoms with Crippen LogP contribution in [0.25, 0.3) is 22.2 Å². The quantitative estimate of drug-likeness (QED) is 0.586. The zero-order valence-electron chi connectivity index (χ0n) is 18.0. The molecule has 2 heterocycles. The lowest BCUT2D eigenvalue weighted by Gasteiger charge is -2.20. The Hall–Kier alpha value is -2.97. The lowest BCUT2D eigenvalue weighted by molar-refractivity contribution is 0.0699. The molecule has 1 saturated heterocycles. The SMILES string of the molecule is CCOc1ccc(-c2cc(C(=O)O)c3cc(S(=O)(=O)N4CCCCCC4)ccc3n2)cc1. The molecule has 1 aliphatic heterocycles. The number of carbonyl (C=O) groups is 1. The van der Waals surface area contributed by atoms with Crippen molar-refractivity contribution < 1.29 is 23.1 Å². The second kappa shape index (κ2) is 9.26. The molecule has 168 valence electrons. The van der Waals surface area contributed by atoms with Gasteiger partial charge in [-0.15, -0.1) is 0 Å². The van der Waals surface area contributed by atoms with Crippen LogP contribution in [0.3, 0.4) is 0 Å². The first-order valence-electron chi connectivity index (χ1n) is 10.8. The molecule has 0 spiro atoms. The van der Waals surface area contributed by atoms with Gasteiger partial charge in [-0.2, -0.15) is 4.31 Å². The van der Waals surface area contributed by atoms with Gasteiger partial charge in [-0.3, -0.25) is 0 Å². The number of pyridine rings is 1. The highest BCUT2D eigenvalue weighted by Gasteiger charge is 2.26. The van der Waals surface area contributed by atoms with Crippen LogP contribution < -0.4 is 4.74 Å². The molecule has 1 aliphatic rings. The summed E-state index contributed by atoms with van der Waals surface area (Å²) in [5, 5.41) is 10.1. The third-order valence-corrected chi connectivity index (χ3v) is 7.57. The smallest absolute Gasteiger partial charge is 0.336 e. The molecule has 7 nitrogen and oxygen atoms in total. The largest absolute Gasteiger partial charge is 0.494 e. The fourth-order valence-corrected chi connectivity index (χ4v) is 5.55. The number of nitrogens with zero attached hydrogens (tertiary/aromatic N) is 2. The first kappa shape index (κ1) is 22.2. The maximum atomic E-state index is 13.2. The molecule has 1 aromatic heterocycles. The van der Waals surface area contributed by atoms with Crippen LogP contribution in [0.1, 0.15) is 43.0 Å². The van der Waals surface area contributed by atoms with Gasteiger partial charge in [0.25, 0.3) is 0 Å². The number of fused-ring (bicyclic) bond motifs is 1. The van der Waals surface area contributed by atoms with E-state index in [1.807, 2.05) is 31.2 Å². The number of sulfonamides is 1. The van der Waals surface area contributed by atoms with Crippen molar-refractivity contribution in [1.82, 2.24) is 9.29 Å². The zero-order chi connectivity index (χ0) is 22.7. The highest BCUT2D eigenvalue weighted by molar-refractivity contribution is 7.89. The minimum Gasteiger partial charge on any atom is -0.494 e. The van der Waals surface area contributed by atoms with Crippen LogP contribution in [-0.2, 0) is 10.0 Å². The summed E-state index contributed by atoms with van der Waals surface area (Å²) < 4.78 is 33.3. The van der Waals surface area contributed by atoms with Crippen molar-refractivity contribution in [3.63, 3.8) is 0 Å². The Morgan fingerprint density at radius 2 is 1.72 bits per heavy atom. The Balaban J connectivity index is 1.77. The molecule has 0 bridgehead atoms. The molecule has 0 amide bonds. The molecule has 32 heavy (non-hydrogen) atoms. The van der Waals surface area contributed by atoms with E-state index in [2.05, 4.69) is 4.98 Å². The summed E-state index contributed by atoms with van der Waals surface area (Å²) in [7, 11) is -3.69. The molecule has 4 rings (SSSR count). The second-order valence-electron chi connectivity index (χ2n) is 7.81. The van der Waals surface area contributed by atoms with Crippen molar-refractivity contribution >= 4 is 26.9 Å². The van der Waals surface area contributed by atoms with Crippen molar-refractivity contribution in [3.05, 3.63) is 54.1 Å². The van der Waals surface area contributed by atoms with Crippen LogP contribution in [-0.4, -0.2) is 48.5 Å². The number of hydrogen-bond acceptors (Lipinski definition) is 5. The van der Waals surface area contributed by atoms with Crippen LogP contribution >= 0.6 is 0 Å². The predicted molar refractivity (Wildman–Crippen MR) is 123 cm³/mol. The normalized spacial score (nSPS) is 15.4. The van der Waals surface area contributed by atoms with Gasteiger partial charge in [0.1, 0.15) is 5.75 Å². The first-order valence-corrected chi connectivity index (χ1v) is 12.3. The van der Waals surface area contributed by atoms with E-state index in [1.54, 1.807) is 6.07 Å². The average Bonchev–Trinajstić information content (AvgIpc) is 3.09. The maximum absolute atomic E-state index is 13.2. The second-order valence-corrected chi connectivity index (χ2v) is 9.75. The summed E-state index contributed by atoms with van der Waals surface area (Å²) >= 11 is 0. The van der Waals surface area contributed by atoms with Gasteiger partial charge in [0.15, 0.2) is 0 Å². The van der Waals surface area contributed by atoms with E-state index in [0.717, 1.165) is 37.0 Å². The lowest BCUT2D eigenvalue weighted by Crippen LogP contribution is -2.31. The van der Waals surface area contributed by atoms with Crippen molar-refractivity contribution in [3.8, 4) is 17.0 Å². The third kappa shape index (κ3) is 4.47. The minimum atomic E-state index is -3.69. The number of aromatic carboxylic acids is 1. The van der Waals surface area contributed by atoms with Crippen LogP contribution in [0.4, 0.5) is 0 Å². The highest BCUT2D eigenvalue weighted by atomic mass is 32.2. The Labute approximate surface area is 187 Å². The Kier molecular flexibility index (Phi) is 6.43. The van der Waals surface area contributed by atoms with Gasteiger partial charge in [0.2, 0.25) is 10.0 Å². The van der Waals surface area contributed by atoms with Gasteiger partial charge >= 0.3 is 5.97 Å². The van der Waals surface area contributed by atoms with Gasteiger partial charge in [-0.05, 0) is 68.3 Å². The Morgan fingerprint density at radius 3 is 2.34 bits per heavy atom. The Morgan fingerprint density at radius 1 is 1.03 bits per heavy atom. The summed E-state index contributed by atoms with van der Waals surface area (Å²) in [5.74, 6) is -0.409. The van der Waals surface area contributed by atoms with Crippen LogP contribution in [0.15, 0.2) is 53.4 Å². The molecule has 0 radical (unpaired) electrons. The lowest BCUT2D eigenvalue weighted by atomic mass is 10.0. The zero-order valence-corrected chi connectivity index (χ0v) is 18.8. The van der Waals surface area contributed by atoms with E-state index in [-0.39, 0.29) is 10.5 Å². The van der Waals surface area contributed by atoms with E-state index in [1.165, 1.54) is 22.5 Å². The number of ether oxygens (including phenoxy) is 1. The van der Waals surface area contributed by atoms with Crippen molar-refractivity contribution in [1.29, 1.82) is 0 Å². The molecule has 1 fully saturated rings. The number of carboxylic acids is 1. The molecular formula is C24H26N2O5S. The number of benzene rings is 2. The van der Waals surface area contributed by atoms with E-state index < -0.39 is 16.0 Å². The van der Waals surface area contributed by atoms with Gasteiger partial charge in [0.05, 0.1) is 28.3 Å².